The Labute approximate surface area is 321 Å². The molecule has 0 fully saturated rings. The van der Waals surface area contributed by atoms with Crippen LogP contribution >= 0.6 is 34.8 Å². The van der Waals surface area contributed by atoms with Crippen molar-refractivity contribution in [3.63, 3.8) is 0 Å². The number of anilines is 4. The van der Waals surface area contributed by atoms with Gasteiger partial charge in [0.2, 0.25) is 17.8 Å². The predicted octanol–water partition coefficient (Wildman–Crippen LogP) is 7.72. The molecule has 5 aromatic rings. The van der Waals surface area contributed by atoms with E-state index in [-0.39, 0.29) is 56.7 Å². The van der Waals surface area contributed by atoms with Crippen LogP contribution in [-0.4, -0.2) is 66.1 Å². The average Bonchev–Trinajstić information content (AvgIpc) is 3.12. The predicted molar refractivity (Wildman–Crippen MR) is 213 cm³/mol. The van der Waals surface area contributed by atoms with Gasteiger partial charge in [-0.25, -0.2) is 4.98 Å². The Hall–Kier alpha value is -5.40. The number of ether oxygens (including phenoxy) is 2. The molecule has 0 unspecified atom stereocenters. The highest BCUT2D eigenvalue weighted by molar-refractivity contribution is 6.41. The third kappa shape index (κ3) is 8.98. The van der Waals surface area contributed by atoms with Crippen molar-refractivity contribution >= 4 is 80.7 Å². The molecule has 2 heterocycles. The van der Waals surface area contributed by atoms with E-state index in [1.165, 1.54) is 30.9 Å². The van der Waals surface area contributed by atoms with E-state index in [2.05, 4.69) is 27.5 Å². The number of nitrogens with zero attached hydrogens (tertiary/aromatic N) is 4. The minimum atomic E-state index is -0.466. The number of aromatic nitrogens is 3. The second kappa shape index (κ2) is 17.0. The van der Waals surface area contributed by atoms with E-state index in [1.807, 2.05) is 25.9 Å². The maximum Gasteiger partial charge on any atom is 0.260 e. The Bertz CT molecular complexity index is 2280. The molecule has 3 aromatic carbocycles. The number of halogens is 3. The van der Waals surface area contributed by atoms with E-state index < -0.39 is 11.5 Å². The van der Waals surface area contributed by atoms with Gasteiger partial charge in [-0.15, -0.1) is 0 Å². The van der Waals surface area contributed by atoms with Crippen LogP contribution in [0.25, 0.3) is 22.2 Å². The van der Waals surface area contributed by atoms with Crippen LogP contribution in [0.5, 0.6) is 11.5 Å². The summed E-state index contributed by atoms with van der Waals surface area (Å²) in [6, 6.07) is 13.5. The van der Waals surface area contributed by atoms with Gasteiger partial charge in [0.05, 0.1) is 47.7 Å². The van der Waals surface area contributed by atoms with Crippen molar-refractivity contribution in [2.75, 3.05) is 50.8 Å². The second-order valence-corrected chi connectivity index (χ2v) is 13.2. The summed E-state index contributed by atoms with van der Waals surface area (Å²) in [5.74, 6) is -0.0454. The Kier molecular flexibility index (Phi) is 12.4. The van der Waals surface area contributed by atoms with Crippen LogP contribution in [0.1, 0.15) is 11.1 Å². The molecule has 5 rings (SSSR count). The Balaban J connectivity index is 1.63. The molecule has 274 valence electrons. The maximum atomic E-state index is 14.6. The summed E-state index contributed by atoms with van der Waals surface area (Å²) in [4.78, 5) is 50.4. The largest absolute Gasteiger partial charge is 0.495 e. The third-order valence-corrected chi connectivity index (χ3v) is 8.92. The van der Waals surface area contributed by atoms with Crippen LogP contribution in [-0.2, 0) is 16.1 Å². The minimum absolute atomic E-state index is 0.0630. The van der Waals surface area contributed by atoms with Gasteiger partial charge >= 0.3 is 0 Å². The van der Waals surface area contributed by atoms with E-state index in [4.69, 9.17) is 49.3 Å². The molecule has 53 heavy (non-hydrogen) atoms. The van der Waals surface area contributed by atoms with Crippen molar-refractivity contribution in [1.29, 1.82) is 0 Å². The first-order valence-electron chi connectivity index (χ1n) is 16.1. The number of aryl methyl sites for hydroxylation is 1. The summed E-state index contributed by atoms with van der Waals surface area (Å²) in [6.07, 6.45) is 5.94. The Morgan fingerprint density at radius 3 is 2.26 bits per heavy atom. The van der Waals surface area contributed by atoms with Gasteiger partial charge in [0.15, 0.2) is 0 Å². The van der Waals surface area contributed by atoms with Crippen molar-refractivity contribution in [3.05, 3.63) is 116 Å². The number of benzene rings is 3. The van der Waals surface area contributed by atoms with Crippen molar-refractivity contribution < 1.29 is 19.1 Å². The topological polar surface area (TPSA) is 140 Å². The summed E-state index contributed by atoms with van der Waals surface area (Å²) in [6.45, 7) is 6.02. The van der Waals surface area contributed by atoms with Gasteiger partial charge in [-0.1, -0.05) is 59.6 Å². The summed E-state index contributed by atoms with van der Waals surface area (Å²) < 4.78 is 12.4. The third-order valence-electron chi connectivity index (χ3n) is 7.95. The van der Waals surface area contributed by atoms with E-state index in [0.29, 0.717) is 39.6 Å². The first-order valence-corrected chi connectivity index (χ1v) is 17.2. The lowest BCUT2D eigenvalue weighted by Crippen LogP contribution is -2.24. The fourth-order valence-corrected chi connectivity index (χ4v) is 6.38. The number of carbonyl (C=O) groups excluding carboxylic acids is 2. The van der Waals surface area contributed by atoms with Crippen molar-refractivity contribution in [2.45, 2.75) is 13.5 Å². The van der Waals surface area contributed by atoms with E-state index in [9.17, 15) is 14.4 Å². The van der Waals surface area contributed by atoms with Gasteiger partial charge in [-0.2, -0.15) is 4.98 Å². The molecule has 0 bridgehead atoms. The first kappa shape index (κ1) is 38.8. The number of pyridine rings is 1. The number of amides is 2. The van der Waals surface area contributed by atoms with Gasteiger partial charge < -0.3 is 30.3 Å². The second-order valence-electron chi connectivity index (χ2n) is 12.0. The molecule has 2 amide bonds. The van der Waals surface area contributed by atoms with Crippen LogP contribution in [0.2, 0.25) is 15.1 Å². The smallest absolute Gasteiger partial charge is 0.260 e. The molecule has 0 saturated carbocycles. The molecule has 15 heteroatoms. The molecular weight excluding hydrogens is 741 g/mol. The molecule has 0 atom stereocenters. The van der Waals surface area contributed by atoms with Crippen LogP contribution in [0.4, 0.5) is 23.0 Å². The molecule has 0 aliphatic carbocycles. The van der Waals surface area contributed by atoms with Crippen molar-refractivity contribution in [3.8, 4) is 22.6 Å². The van der Waals surface area contributed by atoms with Crippen LogP contribution in [0.15, 0.2) is 84.3 Å². The van der Waals surface area contributed by atoms with Crippen molar-refractivity contribution in [1.82, 2.24) is 19.4 Å². The molecule has 0 saturated heterocycles. The number of nitrogens with one attached hydrogen (secondary N) is 3. The van der Waals surface area contributed by atoms with Crippen LogP contribution in [0.3, 0.4) is 0 Å². The Morgan fingerprint density at radius 1 is 0.962 bits per heavy atom. The Morgan fingerprint density at radius 2 is 1.64 bits per heavy atom. The summed E-state index contributed by atoms with van der Waals surface area (Å²) in [5, 5.41) is 9.89. The van der Waals surface area contributed by atoms with Crippen molar-refractivity contribution in [2.24, 2.45) is 0 Å². The molecule has 0 aliphatic heterocycles. The zero-order chi connectivity index (χ0) is 38.4. The van der Waals surface area contributed by atoms with Gasteiger partial charge in [0.25, 0.3) is 5.56 Å². The average molecular weight is 777 g/mol. The zero-order valence-electron chi connectivity index (χ0n) is 29.5. The van der Waals surface area contributed by atoms with Gasteiger partial charge in [-0.3, -0.25) is 19.0 Å². The molecule has 12 nitrogen and oxygen atoms in total. The molecule has 0 spiro atoms. The number of carbonyl (C=O) groups is 2. The number of fused-ring (bicyclic) bond motifs is 1. The lowest BCUT2D eigenvalue weighted by Gasteiger charge is -2.18. The summed E-state index contributed by atoms with van der Waals surface area (Å²) >= 11 is 19.9. The number of methoxy groups -OCH3 is 2. The van der Waals surface area contributed by atoms with E-state index >= 15 is 0 Å². The molecule has 3 N–H and O–H groups in total. The first-order chi connectivity index (χ1) is 25.3. The fourth-order valence-electron chi connectivity index (χ4n) is 5.40. The van der Waals surface area contributed by atoms with E-state index in [1.54, 1.807) is 54.7 Å². The van der Waals surface area contributed by atoms with Crippen LogP contribution < -0.4 is 31.0 Å². The molecule has 0 aliphatic rings. The lowest BCUT2D eigenvalue weighted by atomic mass is 10.0. The van der Waals surface area contributed by atoms with Gasteiger partial charge in [-0.05, 0) is 68.6 Å². The summed E-state index contributed by atoms with van der Waals surface area (Å²) in [7, 11) is 6.71. The fraction of sp³-hybridized carbons (Fsp3) is 0.184. The molecule has 2 aromatic heterocycles. The van der Waals surface area contributed by atoms with Crippen LogP contribution in [0, 0.1) is 6.92 Å². The maximum absolute atomic E-state index is 14.6. The zero-order valence-corrected chi connectivity index (χ0v) is 31.8. The highest BCUT2D eigenvalue weighted by Gasteiger charge is 2.24. The quantitative estimate of drug-likeness (QED) is 0.103. The normalized spacial score (nSPS) is 11.2. The lowest BCUT2D eigenvalue weighted by molar-refractivity contribution is -0.112. The monoisotopic (exact) mass is 775 g/mol. The highest BCUT2D eigenvalue weighted by atomic mass is 35.5. The number of rotatable bonds is 13. The summed E-state index contributed by atoms with van der Waals surface area (Å²) in [5.41, 5.74) is 3.06. The standard InChI is InChI=1S/C38H36Cl3N7O5/c1-7-30(49)44-27-17-24(39)15-21(2)35(27)45-38-42-19-23-16-26(32-33(40)28(52-5)18-29(53-6)34(32)41)37(51)48(36(23)46-38)20-22-10-12-25(13-11-22)43-31(50)9-8-14-47(3)4/h7-13,15-19H,1,14,20H2,2-6H3,(H,43,50)(H,44,49)(H,42,45,46)/b9-8+. The number of likely N-dealkylation sites (N-methyl/N-ethyl adjacent to an activating group) is 1. The molecular formula is C38H36Cl3N7O5. The van der Waals surface area contributed by atoms with E-state index in [0.717, 1.165) is 11.6 Å². The molecule has 0 radical (unpaired) electrons. The van der Waals surface area contributed by atoms with Gasteiger partial charge in [0.1, 0.15) is 17.1 Å². The minimum Gasteiger partial charge on any atom is -0.495 e. The van der Waals surface area contributed by atoms with Gasteiger partial charge in [0, 0.05) is 46.5 Å². The number of hydrogen-bond acceptors (Lipinski definition) is 9. The SMILES string of the molecule is C=CC(=O)Nc1cc(Cl)cc(C)c1Nc1ncc2cc(-c3c(Cl)c(OC)cc(OC)c3Cl)c(=O)n(Cc3ccc(NC(=O)/C=C/CN(C)C)cc3)c2n1. The highest BCUT2D eigenvalue weighted by Crippen LogP contribution is 2.45. The number of hydrogen-bond donors (Lipinski definition) is 3.